The van der Waals surface area contributed by atoms with E-state index in [0.717, 1.165) is 43.5 Å². The first kappa shape index (κ1) is 23.5. The third-order valence-electron chi connectivity index (χ3n) is 7.66. The molecular weight excluding hydrogens is 440 g/mol. The number of rotatable bonds is 5. The average molecular weight is 475 g/mol. The van der Waals surface area contributed by atoms with Crippen LogP contribution in [0.3, 0.4) is 0 Å². The first-order chi connectivity index (χ1) is 17.1. The van der Waals surface area contributed by atoms with E-state index >= 15 is 0 Å². The zero-order chi connectivity index (χ0) is 24.2. The van der Waals surface area contributed by atoms with E-state index in [0.29, 0.717) is 39.3 Å². The molecule has 2 aliphatic heterocycles. The number of anilines is 2. The van der Waals surface area contributed by atoms with Crippen molar-refractivity contribution >= 4 is 29.1 Å². The van der Waals surface area contributed by atoms with Crippen molar-refractivity contribution in [2.45, 2.75) is 32.1 Å². The number of piperazine rings is 1. The third-order valence-corrected chi connectivity index (χ3v) is 7.66. The molecule has 1 saturated carbocycles. The van der Waals surface area contributed by atoms with Crippen LogP contribution in [-0.2, 0) is 20.8 Å². The molecule has 2 aromatic rings. The van der Waals surface area contributed by atoms with Crippen molar-refractivity contribution in [3.05, 3.63) is 60.2 Å². The van der Waals surface area contributed by atoms with Crippen LogP contribution in [0.1, 0.15) is 31.2 Å². The lowest BCUT2D eigenvalue weighted by Gasteiger charge is -2.39. The highest BCUT2D eigenvalue weighted by Crippen LogP contribution is 2.36. The Morgan fingerprint density at radius 3 is 2.17 bits per heavy atom. The van der Waals surface area contributed by atoms with E-state index in [4.69, 9.17) is 0 Å². The smallest absolute Gasteiger partial charge is 0.238 e. The maximum atomic E-state index is 13.6. The zero-order valence-electron chi connectivity index (χ0n) is 20.2. The van der Waals surface area contributed by atoms with Gasteiger partial charge in [0.25, 0.3) is 0 Å². The Labute approximate surface area is 207 Å². The monoisotopic (exact) mass is 474 g/mol. The van der Waals surface area contributed by atoms with Gasteiger partial charge in [-0.1, -0.05) is 49.2 Å². The second-order valence-electron chi connectivity index (χ2n) is 9.88. The summed E-state index contributed by atoms with van der Waals surface area (Å²) < 4.78 is 0. The molecule has 7 heteroatoms. The molecule has 2 atom stereocenters. The second-order valence-corrected chi connectivity index (χ2v) is 9.88. The molecule has 0 radical (unpaired) electrons. The van der Waals surface area contributed by atoms with Crippen molar-refractivity contribution in [1.29, 1.82) is 0 Å². The van der Waals surface area contributed by atoms with Crippen LogP contribution in [0.2, 0.25) is 0 Å². The minimum Gasteiger partial charge on any atom is -0.340 e. The summed E-state index contributed by atoms with van der Waals surface area (Å²) >= 11 is 0. The molecule has 2 unspecified atom stereocenters. The standard InChI is InChI=1S/C28H34N4O3/c33-26(29-22-9-2-1-3-10-22)20-30-16-18-31(19-17-30)27(34)23-11-5-6-12-24(23)28(35)32-15-14-21-8-4-7-13-25(21)32/h1-4,7-10,13,23-24H,5-6,11-12,14-20H2,(H,29,33). The Hall–Kier alpha value is -3.19. The van der Waals surface area contributed by atoms with Crippen LogP contribution >= 0.6 is 0 Å². The van der Waals surface area contributed by atoms with Gasteiger partial charge in [0.15, 0.2) is 0 Å². The lowest BCUT2D eigenvalue weighted by Crippen LogP contribution is -2.54. The van der Waals surface area contributed by atoms with E-state index in [9.17, 15) is 14.4 Å². The van der Waals surface area contributed by atoms with E-state index in [1.807, 2.05) is 58.3 Å². The quantitative estimate of drug-likeness (QED) is 0.723. The Balaban J connectivity index is 1.17. The number of carbonyl (C=O) groups excluding carboxylic acids is 3. The summed E-state index contributed by atoms with van der Waals surface area (Å²) in [6, 6.07) is 17.6. The van der Waals surface area contributed by atoms with Crippen LogP contribution in [0.25, 0.3) is 0 Å². The zero-order valence-corrected chi connectivity index (χ0v) is 20.2. The molecule has 3 amide bonds. The van der Waals surface area contributed by atoms with Crippen molar-refractivity contribution in [3.63, 3.8) is 0 Å². The van der Waals surface area contributed by atoms with Crippen LogP contribution in [-0.4, -0.2) is 66.8 Å². The fraction of sp³-hybridized carbons (Fsp3) is 0.464. The molecule has 7 nitrogen and oxygen atoms in total. The fourth-order valence-electron chi connectivity index (χ4n) is 5.78. The maximum Gasteiger partial charge on any atom is 0.238 e. The first-order valence-electron chi connectivity index (χ1n) is 12.9. The van der Waals surface area contributed by atoms with Crippen LogP contribution in [0, 0.1) is 11.8 Å². The van der Waals surface area contributed by atoms with Crippen LogP contribution in [0.15, 0.2) is 54.6 Å². The largest absolute Gasteiger partial charge is 0.340 e. The number of benzene rings is 2. The number of carbonyl (C=O) groups is 3. The third kappa shape index (κ3) is 5.25. The summed E-state index contributed by atoms with van der Waals surface area (Å²) in [6.07, 6.45) is 4.45. The number of nitrogens with zero attached hydrogens (tertiary/aromatic N) is 3. The van der Waals surface area contributed by atoms with Crippen molar-refractivity contribution in [3.8, 4) is 0 Å². The summed E-state index contributed by atoms with van der Waals surface area (Å²) in [4.78, 5) is 45.5. The van der Waals surface area contributed by atoms with Gasteiger partial charge in [0.05, 0.1) is 12.5 Å². The van der Waals surface area contributed by atoms with Crippen molar-refractivity contribution in [1.82, 2.24) is 9.80 Å². The number of nitrogens with one attached hydrogen (secondary N) is 1. The first-order valence-corrected chi connectivity index (χ1v) is 12.9. The van der Waals surface area contributed by atoms with Gasteiger partial charge >= 0.3 is 0 Å². The predicted molar refractivity (Wildman–Crippen MR) is 136 cm³/mol. The number of para-hydroxylation sites is 2. The van der Waals surface area contributed by atoms with E-state index in [1.54, 1.807) is 0 Å². The van der Waals surface area contributed by atoms with Crippen LogP contribution < -0.4 is 10.2 Å². The number of amides is 3. The van der Waals surface area contributed by atoms with Gasteiger partial charge in [-0.15, -0.1) is 0 Å². The minimum absolute atomic E-state index is 0.0418. The van der Waals surface area contributed by atoms with E-state index < -0.39 is 0 Å². The summed E-state index contributed by atoms with van der Waals surface area (Å²) in [5, 5.41) is 2.92. The second kappa shape index (κ2) is 10.6. The van der Waals surface area contributed by atoms with Gasteiger partial charge < -0.3 is 15.1 Å². The molecule has 2 fully saturated rings. The van der Waals surface area contributed by atoms with E-state index in [1.165, 1.54) is 5.56 Å². The molecule has 1 N–H and O–H groups in total. The molecular formula is C28H34N4O3. The van der Waals surface area contributed by atoms with Gasteiger partial charge in [-0.25, -0.2) is 0 Å². The lowest BCUT2D eigenvalue weighted by atomic mass is 9.77. The van der Waals surface area contributed by atoms with E-state index in [2.05, 4.69) is 16.3 Å². The normalized spacial score (nSPS) is 22.5. The minimum atomic E-state index is -0.239. The summed E-state index contributed by atoms with van der Waals surface area (Å²) in [6.45, 7) is 3.55. The molecule has 0 aromatic heterocycles. The Morgan fingerprint density at radius 1 is 0.771 bits per heavy atom. The van der Waals surface area contributed by atoms with Crippen molar-refractivity contribution in [2.75, 3.05) is 49.5 Å². The lowest BCUT2D eigenvalue weighted by molar-refractivity contribution is -0.144. The van der Waals surface area contributed by atoms with Crippen LogP contribution in [0.4, 0.5) is 11.4 Å². The van der Waals surface area contributed by atoms with Gasteiger partial charge in [-0.3, -0.25) is 19.3 Å². The molecule has 2 heterocycles. The summed E-state index contributed by atoms with van der Waals surface area (Å²) in [5.74, 6) is -0.290. The fourth-order valence-corrected chi connectivity index (χ4v) is 5.78. The van der Waals surface area contributed by atoms with Crippen molar-refractivity contribution in [2.24, 2.45) is 11.8 Å². The number of fused-ring (bicyclic) bond motifs is 1. The van der Waals surface area contributed by atoms with E-state index in [-0.39, 0.29) is 29.6 Å². The Kier molecular flexibility index (Phi) is 7.13. The highest BCUT2D eigenvalue weighted by atomic mass is 16.2. The summed E-state index contributed by atoms with van der Waals surface area (Å²) in [5.41, 5.74) is 3.02. The maximum absolute atomic E-state index is 13.6. The molecule has 0 spiro atoms. The molecule has 184 valence electrons. The topological polar surface area (TPSA) is 73.0 Å². The predicted octanol–water partition coefficient (Wildman–Crippen LogP) is 3.17. The molecule has 0 bridgehead atoms. The Bertz CT molecular complexity index is 1060. The average Bonchev–Trinajstić information content (AvgIpc) is 3.33. The Morgan fingerprint density at radius 2 is 1.43 bits per heavy atom. The molecule has 1 saturated heterocycles. The molecule has 2 aromatic carbocycles. The van der Waals surface area contributed by atoms with Crippen LogP contribution in [0.5, 0.6) is 0 Å². The van der Waals surface area contributed by atoms with Crippen molar-refractivity contribution < 1.29 is 14.4 Å². The van der Waals surface area contributed by atoms with Gasteiger partial charge in [0.1, 0.15) is 0 Å². The highest BCUT2D eigenvalue weighted by molar-refractivity contribution is 5.99. The molecule has 35 heavy (non-hydrogen) atoms. The molecule has 5 rings (SSSR count). The SMILES string of the molecule is O=C(CN1CCN(C(=O)C2CCCCC2C(=O)N2CCc3ccccc32)CC1)Nc1ccccc1. The molecule has 3 aliphatic rings. The van der Waals surface area contributed by atoms with Gasteiger partial charge in [0.2, 0.25) is 17.7 Å². The number of hydrogen-bond acceptors (Lipinski definition) is 4. The highest BCUT2D eigenvalue weighted by Gasteiger charge is 2.41. The number of hydrogen-bond donors (Lipinski definition) is 1. The van der Waals surface area contributed by atoms with Gasteiger partial charge in [0, 0.05) is 50.0 Å². The van der Waals surface area contributed by atoms with Gasteiger partial charge in [-0.05, 0) is 43.0 Å². The van der Waals surface area contributed by atoms with Gasteiger partial charge in [-0.2, -0.15) is 0 Å². The molecule has 1 aliphatic carbocycles. The summed E-state index contributed by atoms with van der Waals surface area (Å²) in [7, 11) is 0.